The van der Waals surface area contributed by atoms with E-state index in [1.54, 1.807) is 13.1 Å². The van der Waals surface area contributed by atoms with Gasteiger partial charge in [-0.05, 0) is 24.2 Å². The van der Waals surface area contributed by atoms with Crippen LogP contribution in [0, 0.1) is 0 Å². The zero-order chi connectivity index (χ0) is 18.8. The molecule has 6 nitrogen and oxygen atoms in total. The number of hydrogen-bond donors (Lipinski definition) is 3. The molecule has 1 aliphatic heterocycles. The van der Waals surface area contributed by atoms with Gasteiger partial charge in [0.05, 0.1) is 11.6 Å². The fourth-order valence-corrected chi connectivity index (χ4v) is 3.69. The molecule has 134 valence electrons. The Hall–Kier alpha value is -3.12. The average molecular weight is 352 g/mol. The Morgan fingerprint density at radius 1 is 1.12 bits per heavy atom. The van der Waals surface area contributed by atoms with Crippen LogP contribution in [0.5, 0.6) is 0 Å². The Bertz CT molecular complexity index is 877. The maximum Gasteiger partial charge on any atom is 0.333 e. The van der Waals surface area contributed by atoms with Gasteiger partial charge in [-0.25, -0.2) is 9.59 Å². The molecule has 0 bridgehead atoms. The van der Waals surface area contributed by atoms with Crippen LogP contribution in [0.25, 0.3) is 0 Å². The summed E-state index contributed by atoms with van der Waals surface area (Å²) in [5.41, 5.74) is 9.15. The van der Waals surface area contributed by atoms with Crippen molar-refractivity contribution in [3.8, 4) is 0 Å². The van der Waals surface area contributed by atoms with E-state index in [4.69, 9.17) is 10.8 Å². The van der Waals surface area contributed by atoms with Gasteiger partial charge in [0.25, 0.3) is 0 Å². The van der Waals surface area contributed by atoms with Gasteiger partial charge in [-0.3, -0.25) is 4.90 Å². The summed E-state index contributed by atoms with van der Waals surface area (Å²) in [7, 11) is 1.79. The largest absolute Gasteiger partial charge is 0.478 e. The molecule has 2 atom stereocenters. The molecule has 4 N–H and O–H groups in total. The van der Waals surface area contributed by atoms with Crippen LogP contribution in [0.1, 0.15) is 28.7 Å². The molecule has 26 heavy (non-hydrogen) atoms. The molecule has 2 aromatic carbocycles. The number of nitrogens with two attached hydrogens (primary N) is 1. The minimum atomic E-state index is -1.29. The Morgan fingerprint density at radius 3 is 2.42 bits per heavy atom. The van der Waals surface area contributed by atoms with Crippen LogP contribution in [-0.2, 0) is 9.59 Å². The summed E-state index contributed by atoms with van der Waals surface area (Å²) in [6.45, 7) is 0.551. The van der Waals surface area contributed by atoms with Crippen LogP contribution < -0.4 is 5.73 Å². The van der Waals surface area contributed by atoms with E-state index in [2.05, 4.69) is 0 Å². The molecule has 1 aliphatic rings. The fraction of sp³-hybridized carbons (Fsp3) is 0.200. The van der Waals surface area contributed by atoms with E-state index in [0.717, 1.165) is 17.2 Å². The van der Waals surface area contributed by atoms with Crippen molar-refractivity contribution < 1.29 is 19.8 Å². The predicted octanol–water partition coefficient (Wildman–Crippen LogP) is 2.48. The summed E-state index contributed by atoms with van der Waals surface area (Å²) in [4.78, 5) is 24.8. The summed E-state index contributed by atoms with van der Waals surface area (Å²) in [6, 6.07) is 14.7. The van der Waals surface area contributed by atoms with Crippen LogP contribution in [0.3, 0.4) is 0 Å². The number of nitrogens with zero attached hydrogens (tertiary/aromatic N) is 1. The highest BCUT2D eigenvalue weighted by molar-refractivity contribution is 5.96. The number of anilines is 1. The molecule has 1 heterocycles. The minimum Gasteiger partial charge on any atom is -0.478 e. The standard InChI is InChI=1S/C20H20N2O4/c1-22-11-15(12-6-3-2-4-7-12)13-8-5-9-16(21)18(13)19(22)14(20(25)26)10-17(23)24/h2-10,15,19H,11,21H2,1H3,(H,23,24)(H,25,26)/b14-10-. The third kappa shape index (κ3) is 3.19. The molecule has 2 aromatic rings. The average Bonchev–Trinajstić information content (AvgIpc) is 2.60. The van der Waals surface area contributed by atoms with Crippen molar-refractivity contribution in [3.05, 3.63) is 76.9 Å². The van der Waals surface area contributed by atoms with Gasteiger partial charge < -0.3 is 15.9 Å². The second kappa shape index (κ2) is 7.01. The van der Waals surface area contributed by atoms with E-state index >= 15 is 0 Å². The molecule has 0 fully saturated rings. The van der Waals surface area contributed by atoms with Gasteiger partial charge in [0, 0.05) is 29.8 Å². The number of carbonyl (C=O) groups is 2. The molecule has 6 heteroatoms. The summed E-state index contributed by atoms with van der Waals surface area (Å²) < 4.78 is 0. The Kier molecular flexibility index (Phi) is 4.77. The number of hydrogen-bond acceptors (Lipinski definition) is 4. The highest BCUT2D eigenvalue weighted by atomic mass is 16.4. The lowest BCUT2D eigenvalue weighted by molar-refractivity contribution is -0.135. The van der Waals surface area contributed by atoms with Crippen molar-refractivity contribution in [1.82, 2.24) is 4.90 Å². The van der Waals surface area contributed by atoms with Crippen molar-refractivity contribution >= 4 is 17.6 Å². The normalized spacial score (nSPS) is 20.4. The number of fused-ring (bicyclic) bond motifs is 1. The molecular weight excluding hydrogens is 332 g/mol. The van der Waals surface area contributed by atoms with Crippen molar-refractivity contribution in [1.29, 1.82) is 0 Å². The van der Waals surface area contributed by atoms with Crippen molar-refractivity contribution in [2.75, 3.05) is 19.3 Å². The van der Waals surface area contributed by atoms with Crippen molar-refractivity contribution in [3.63, 3.8) is 0 Å². The first-order valence-corrected chi connectivity index (χ1v) is 8.21. The van der Waals surface area contributed by atoms with Crippen LogP contribution in [0.4, 0.5) is 5.69 Å². The number of rotatable bonds is 4. The van der Waals surface area contributed by atoms with Gasteiger partial charge >= 0.3 is 11.9 Å². The monoisotopic (exact) mass is 352 g/mol. The fourth-order valence-electron chi connectivity index (χ4n) is 3.69. The Labute approximate surface area is 151 Å². The van der Waals surface area contributed by atoms with E-state index in [0.29, 0.717) is 17.8 Å². The zero-order valence-electron chi connectivity index (χ0n) is 14.3. The van der Waals surface area contributed by atoms with Gasteiger partial charge in [-0.1, -0.05) is 42.5 Å². The molecule has 0 spiro atoms. The molecule has 0 saturated carbocycles. The van der Waals surface area contributed by atoms with Crippen molar-refractivity contribution in [2.45, 2.75) is 12.0 Å². The summed E-state index contributed by atoms with van der Waals surface area (Å²) in [5, 5.41) is 18.7. The molecular formula is C20H20N2O4. The third-order valence-electron chi connectivity index (χ3n) is 4.76. The third-order valence-corrected chi connectivity index (χ3v) is 4.76. The summed E-state index contributed by atoms with van der Waals surface area (Å²) in [6.07, 6.45) is 0.753. The predicted molar refractivity (Wildman–Crippen MR) is 97.9 cm³/mol. The van der Waals surface area contributed by atoms with E-state index in [9.17, 15) is 14.7 Å². The van der Waals surface area contributed by atoms with E-state index in [1.807, 2.05) is 47.4 Å². The maximum absolute atomic E-state index is 11.8. The molecule has 3 rings (SSSR count). The second-order valence-corrected chi connectivity index (χ2v) is 6.40. The van der Waals surface area contributed by atoms with Crippen molar-refractivity contribution in [2.24, 2.45) is 0 Å². The van der Waals surface area contributed by atoms with E-state index in [1.165, 1.54) is 0 Å². The molecule has 0 saturated heterocycles. The molecule has 0 aromatic heterocycles. The molecule has 0 aliphatic carbocycles. The maximum atomic E-state index is 11.8. The lowest BCUT2D eigenvalue weighted by Gasteiger charge is -2.40. The van der Waals surface area contributed by atoms with Gasteiger partial charge in [0.2, 0.25) is 0 Å². The van der Waals surface area contributed by atoms with Gasteiger partial charge in [-0.2, -0.15) is 0 Å². The summed E-state index contributed by atoms with van der Waals surface area (Å²) >= 11 is 0. The summed E-state index contributed by atoms with van der Waals surface area (Å²) in [5.74, 6) is -2.54. The quantitative estimate of drug-likeness (QED) is 0.577. The Morgan fingerprint density at radius 2 is 1.81 bits per heavy atom. The van der Waals surface area contributed by atoms with Crippen LogP contribution in [0.15, 0.2) is 60.2 Å². The first-order valence-electron chi connectivity index (χ1n) is 8.21. The Balaban J connectivity index is 2.20. The SMILES string of the molecule is CN1CC(c2ccccc2)c2cccc(N)c2C1/C(=C/C(=O)O)C(=O)O. The highest BCUT2D eigenvalue weighted by Gasteiger charge is 2.37. The topological polar surface area (TPSA) is 104 Å². The smallest absolute Gasteiger partial charge is 0.333 e. The van der Waals surface area contributed by atoms with E-state index < -0.39 is 18.0 Å². The number of carboxylic acids is 2. The minimum absolute atomic E-state index is 0.0239. The first kappa shape index (κ1) is 17.7. The van der Waals surface area contributed by atoms with Crippen LogP contribution >= 0.6 is 0 Å². The van der Waals surface area contributed by atoms with Crippen LogP contribution in [0.2, 0.25) is 0 Å². The van der Waals surface area contributed by atoms with Crippen LogP contribution in [-0.4, -0.2) is 40.6 Å². The number of aliphatic carboxylic acids is 2. The van der Waals surface area contributed by atoms with Gasteiger partial charge in [0.1, 0.15) is 0 Å². The number of likely N-dealkylation sites (N-methyl/N-ethyl adjacent to an activating group) is 1. The first-order chi connectivity index (χ1) is 12.4. The second-order valence-electron chi connectivity index (χ2n) is 6.40. The number of carboxylic acid groups (broad SMARTS) is 2. The molecule has 0 amide bonds. The molecule has 0 radical (unpaired) electrons. The zero-order valence-corrected chi connectivity index (χ0v) is 14.3. The number of nitrogen functional groups attached to an aromatic ring is 1. The number of benzene rings is 2. The highest BCUT2D eigenvalue weighted by Crippen LogP contribution is 2.44. The van der Waals surface area contributed by atoms with Gasteiger partial charge in [-0.15, -0.1) is 0 Å². The lowest BCUT2D eigenvalue weighted by atomic mass is 9.78. The van der Waals surface area contributed by atoms with E-state index in [-0.39, 0.29) is 11.5 Å². The van der Waals surface area contributed by atoms with Gasteiger partial charge in [0.15, 0.2) is 0 Å². The lowest BCUT2D eigenvalue weighted by Crippen LogP contribution is -2.38. The molecule has 2 unspecified atom stereocenters.